The Bertz CT molecular complexity index is 848. The van der Waals surface area contributed by atoms with E-state index in [1.165, 1.54) is 4.57 Å². The van der Waals surface area contributed by atoms with Crippen LogP contribution in [0.3, 0.4) is 0 Å². The van der Waals surface area contributed by atoms with Crippen LogP contribution in [0.2, 0.25) is 5.02 Å². The van der Waals surface area contributed by atoms with Crippen molar-refractivity contribution < 1.29 is 13.9 Å². The minimum Gasteiger partial charge on any atom is -0.486 e. The third-order valence-electron chi connectivity index (χ3n) is 3.20. The molecule has 3 rings (SSSR count). The van der Waals surface area contributed by atoms with Crippen molar-refractivity contribution >= 4 is 28.5 Å². The molecule has 0 spiro atoms. The number of aromatic nitrogens is 2. The molecule has 0 bridgehead atoms. The number of hydrogen-bond acceptors (Lipinski definition) is 4. The number of imidazole rings is 1. The highest BCUT2D eigenvalue weighted by Gasteiger charge is 2.25. The van der Waals surface area contributed by atoms with Crippen molar-refractivity contribution in [2.75, 3.05) is 0 Å². The van der Waals surface area contributed by atoms with Crippen LogP contribution in [0.25, 0.3) is 11.0 Å². The lowest BCUT2D eigenvalue weighted by Gasteiger charge is -2.10. The summed E-state index contributed by atoms with van der Waals surface area (Å²) in [5.74, 6) is 0.814. The van der Waals surface area contributed by atoms with Gasteiger partial charge in [-0.1, -0.05) is 11.6 Å². The Labute approximate surface area is 132 Å². The predicted molar refractivity (Wildman–Crippen MR) is 83.7 cm³/mol. The Morgan fingerprint density at radius 1 is 1.41 bits per heavy atom. The van der Waals surface area contributed by atoms with Crippen LogP contribution in [-0.2, 0) is 0 Å². The van der Waals surface area contributed by atoms with Crippen LogP contribution in [-0.4, -0.2) is 21.6 Å². The maximum absolute atomic E-state index is 12.7. The van der Waals surface area contributed by atoms with Gasteiger partial charge in [0.05, 0.1) is 11.5 Å². The van der Waals surface area contributed by atoms with Gasteiger partial charge in [-0.2, -0.15) is 0 Å². The summed E-state index contributed by atoms with van der Waals surface area (Å²) in [6, 6.07) is 5.17. The molecule has 3 aromatic rings. The quantitative estimate of drug-likeness (QED) is 0.730. The molecule has 0 unspecified atom stereocenters. The summed E-state index contributed by atoms with van der Waals surface area (Å²) in [7, 11) is 0. The number of hydrogen-bond donors (Lipinski definition) is 0. The Balaban J connectivity index is 2.20. The molecule has 0 N–H and O–H groups in total. The maximum Gasteiger partial charge on any atom is 0.302 e. The van der Waals surface area contributed by atoms with E-state index < -0.39 is 0 Å². The van der Waals surface area contributed by atoms with E-state index in [0.29, 0.717) is 27.6 Å². The number of ether oxygens (including phenoxy) is 1. The van der Waals surface area contributed by atoms with Gasteiger partial charge in [-0.3, -0.25) is 9.36 Å². The summed E-state index contributed by atoms with van der Waals surface area (Å²) in [4.78, 5) is 16.8. The summed E-state index contributed by atoms with van der Waals surface area (Å²) in [5, 5.41) is 1.24. The van der Waals surface area contributed by atoms with E-state index in [1.807, 2.05) is 13.8 Å². The van der Waals surface area contributed by atoms with E-state index >= 15 is 0 Å². The van der Waals surface area contributed by atoms with Crippen LogP contribution in [0, 0.1) is 6.92 Å². The molecule has 22 heavy (non-hydrogen) atoms. The van der Waals surface area contributed by atoms with Crippen molar-refractivity contribution in [1.82, 2.24) is 9.55 Å². The second-order valence-corrected chi connectivity index (χ2v) is 5.65. The molecule has 0 amide bonds. The molecule has 0 saturated heterocycles. The van der Waals surface area contributed by atoms with Gasteiger partial charge in [0.15, 0.2) is 5.75 Å². The number of aryl methyl sites for hydroxylation is 1. The van der Waals surface area contributed by atoms with E-state index in [1.54, 1.807) is 37.5 Å². The van der Waals surface area contributed by atoms with E-state index in [9.17, 15) is 4.79 Å². The van der Waals surface area contributed by atoms with Gasteiger partial charge in [0.2, 0.25) is 5.76 Å². The van der Waals surface area contributed by atoms with E-state index in [0.717, 1.165) is 0 Å². The Morgan fingerprint density at radius 3 is 2.82 bits per heavy atom. The van der Waals surface area contributed by atoms with Gasteiger partial charge < -0.3 is 9.15 Å². The molecule has 0 radical (unpaired) electrons. The minimum absolute atomic E-state index is 0.102. The van der Waals surface area contributed by atoms with Crippen LogP contribution < -0.4 is 4.74 Å². The lowest BCUT2D eigenvalue weighted by atomic mass is 10.2. The smallest absolute Gasteiger partial charge is 0.302 e. The summed E-state index contributed by atoms with van der Waals surface area (Å²) in [6.45, 7) is 5.53. The SMILES string of the molecule is Cc1nccn1C(=O)c1oc2ccc(Cl)cc2c1OC(C)C. The zero-order valence-corrected chi connectivity index (χ0v) is 13.2. The van der Waals surface area contributed by atoms with Gasteiger partial charge in [0.1, 0.15) is 11.4 Å². The van der Waals surface area contributed by atoms with E-state index in [2.05, 4.69) is 4.98 Å². The maximum atomic E-state index is 12.7. The predicted octanol–water partition coefficient (Wildman–Crippen LogP) is 4.07. The normalized spacial score (nSPS) is 11.3. The average Bonchev–Trinajstić information content (AvgIpc) is 3.02. The second-order valence-electron chi connectivity index (χ2n) is 5.22. The molecule has 6 heteroatoms. The number of carbonyl (C=O) groups is 1. The fourth-order valence-electron chi connectivity index (χ4n) is 2.24. The minimum atomic E-state index is -0.321. The van der Waals surface area contributed by atoms with Gasteiger partial charge in [0, 0.05) is 17.4 Å². The number of carbonyl (C=O) groups excluding carboxylic acids is 1. The highest BCUT2D eigenvalue weighted by Crippen LogP contribution is 2.36. The zero-order valence-electron chi connectivity index (χ0n) is 12.5. The first-order valence-corrected chi connectivity index (χ1v) is 7.28. The fourth-order valence-corrected chi connectivity index (χ4v) is 2.41. The molecule has 0 atom stereocenters. The summed E-state index contributed by atoms with van der Waals surface area (Å²) in [5.41, 5.74) is 0.557. The first kappa shape index (κ1) is 14.7. The fraction of sp³-hybridized carbons (Fsp3) is 0.250. The molecular formula is C16H15ClN2O3. The molecule has 2 aromatic heterocycles. The molecule has 0 fully saturated rings. The summed E-state index contributed by atoms with van der Waals surface area (Å²) < 4.78 is 12.9. The number of benzene rings is 1. The van der Waals surface area contributed by atoms with Crippen LogP contribution in [0.15, 0.2) is 35.0 Å². The molecule has 0 aliphatic rings. The summed E-state index contributed by atoms with van der Waals surface area (Å²) >= 11 is 6.04. The third-order valence-corrected chi connectivity index (χ3v) is 3.43. The standard InChI is InChI=1S/C16H15ClN2O3/c1-9(2)21-14-12-8-11(17)4-5-13(12)22-15(14)16(20)19-7-6-18-10(19)3/h4-9H,1-3H3. The van der Waals surface area contributed by atoms with Crippen LogP contribution >= 0.6 is 11.6 Å². The molecule has 0 aliphatic carbocycles. The van der Waals surface area contributed by atoms with Crippen LogP contribution in [0.4, 0.5) is 0 Å². The lowest BCUT2D eigenvalue weighted by molar-refractivity contribution is 0.0924. The molecule has 0 aliphatic heterocycles. The molecular weight excluding hydrogens is 304 g/mol. The van der Waals surface area contributed by atoms with Crippen molar-refractivity contribution in [3.05, 3.63) is 47.2 Å². The lowest BCUT2D eigenvalue weighted by Crippen LogP contribution is -2.15. The number of halogens is 1. The van der Waals surface area contributed by atoms with E-state index in [-0.39, 0.29) is 17.8 Å². The summed E-state index contributed by atoms with van der Waals surface area (Å²) in [6.07, 6.45) is 3.06. The number of nitrogens with zero attached hydrogens (tertiary/aromatic N) is 2. The monoisotopic (exact) mass is 318 g/mol. The van der Waals surface area contributed by atoms with Crippen molar-refractivity contribution in [2.24, 2.45) is 0 Å². The average molecular weight is 319 g/mol. The van der Waals surface area contributed by atoms with Crippen molar-refractivity contribution in [3.63, 3.8) is 0 Å². The highest BCUT2D eigenvalue weighted by molar-refractivity contribution is 6.31. The number of fused-ring (bicyclic) bond motifs is 1. The second kappa shape index (κ2) is 5.50. The van der Waals surface area contributed by atoms with Crippen molar-refractivity contribution in [3.8, 4) is 5.75 Å². The first-order valence-electron chi connectivity index (χ1n) is 6.90. The Kier molecular flexibility index (Phi) is 3.66. The third kappa shape index (κ3) is 2.48. The Morgan fingerprint density at radius 2 is 2.18 bits per heavy atom. The van der Waals surface area contributed by atoms with E-state index in [4.69, 9.17) is 20.8 Å². The van der Waals surface area contributed by atoms with Gasteiger partial charge in [-0.15, -0.1) is 0 Å². The Hall–Kier alpha value is -2.27. The van der Waals surface area contributed by atoms with Gasteiger partial charge in [0.25, 0.3) is 0 Å². The molecule has 0 saturated carbocycles. The molecule has 5 nitrogen and oxygen atoms in total. The van der Waals surface area contributed by atoms with Crippen molar-refractivity contribution in [1.29, 1.82) is 0 Å². The molecule has 2 heterocycles. The zero-order chi connectivity index (χ0) is 15.9. The van der Waals surface area contributed by atoms with Crippen molar-refractivity contribution in [2.45, 2.75) is 26.9 Å². The number of rotatable bonds is 3. The number of furan rings is 1. The molecule has 1 aromatic carbocycles. The highest BCUT2D eigenvalue weighted by atomic mass is 35.5. The topological polar surface area (TPSA) is 57.3 Å². The van der Waals surface area contributed by atoms with Crippen LogP contribution in [0.1, 0.15) is 30.2 Å². The molecule has 114 valence electrons. The first-order chi connectivity index (χ1) is 10.5. The van der Waals surface area contributed by atoms with Crippen LogP contribution in [0.5, 0.6) is 5.75 Å². The van der Waals surface area contributed by atoms with Gasteiger partial charge in [-0.05, 0) is 39.0 Å². The van der Waals surface area contributed by atoms with Gasteiger partial charge >= 0.3 is 5.91 Å². The van der Waals surface area contributed by atoms with Gasteiger partial charge in [-0.25, -0.2) is 4.98 Å². The largest absolute Gasteiger partial charge is 0.486 e.